The maximum Gasteiger partial charge on any atom is 0.323 e. The van der Waals surface area contributed by atoms with Crippen molar-refractivity contribution in [3.63, 3.8) is 0 Å². The highest BCUT2D eigenvalue weighted by Crippen LogP contribution is 2.27. The molecule has 0 bridgehead atoms. The Bertz CT molecular complexity index is 1090. The van der Waals surface area contributed by atoms with Gasteiger partial charge in [-0.1, -0.05) is 36.4 Å². The van der Waals surface area contributed by atoms with Gasteiger partial charge in [0.15, 0.2) is 17.3 Å². The van der Waals surface area contributed by atoms with Crippen LogP contribution in [0, 0.1) is 0 Å². The molecule has 3 aromatic carbocycles. The first-order valence-corrected chi connectivity index (χ1v) is 9.55. The van der Waals surface area contributed by atoms with Crippen LogP contribution in [-0.2, 0) is 11.2 Å². The lowest BCUT2D eigenvalue weighted by Gasteiger charge is -2.19. The highest BCUT2D eigenvalue weighted by atomic mass is 16.5. The summed E-state index contributed by atoms with van der Waals surface area (Å²) in [6, 6.07) is 17.6. The zero-order chi connectivity index (χ0) is 23.9. The van der Waals surface area contributed by atoms with E-state index >= 15 is 0 Å². The Morgan fingerprint density at radius 3 is 2.09 bits per heavy atom. The van der Waals surface area contributed by atoms with Crippen molar-refractivity contribution in [1.29, 1.82) is 0 Å². The van der Waals surface area contributed by atoms with Crippen LogP contribution in [0.2, 0.25) is 0 Å². The van der Waals surface area contributed by atoms with Crippen LogP contribution in [0.4, 0.5) is 0 Å². The predicted octanol–water partition coefficient (Wildman–Crippen LogP) is 3.07. The quantitative estimate of drug-likeness (QED) is 0.290. The number of carboxylic acids is 1. The lowest BCUT2D eigenvalue weighted by atomic mass is 9.94. The predicted molar refractivity (Wildman–Crippen MR) is 118 cm³/mol. The monoisotopic (exact) mass is 439 g/mol. The van der Waals surface area contributed by atoms with Crippen LogP contribution in [0.1, 0.15) is 28.4 Å². The van der Waals surface area contributed by atoms with Crippen molar-refractivity contribution in [2.45, 2.75) is 18.9 Å². The van der Waals surface area contributed by atoms with E-state index in [4.69, 9.17) is 20.7 Å². The number of phenols is 3. The number of hydrogen-bond acceptors (Lipinski definition) is 7. The number of carbonyl (C=O) groups excluding carboxylic acids is 1. The summed E-state index contributed by atoms with van der Waals surface area (Å²) in [5, 5.41) is 36.8. The van der Waals surface area contributed by atoms with Gasteiger partial charge in [-0.15, -0.1) is 0 Å². The van der Waals surface area contributed by atoms with Crippen molar-refractivity contribution in [2.24, 2.45) is 5.73 Å². The molecule has 0 aliphatic heterocycles. The molecule has 0 fully saturated rings. The molecule has 0 heterocycles. The van der Waals surface area contributed by atoms with E-state index in [-0.39, 0.29) is 35.0 Å². The molecule has 8 nitrogen and oxygen atoms in total. The Balaban J connectivity index is 0.000000229. The average molecular weight is 439 g/mol. The third-order valence-corrected chi connectivity index (χ3v) is 4.59. The molecule has 0 saturated heterocycles. The van der Waals surface area contributed by atoms with Gasteiger partial charge in [0.25, 0.3) is 0 Å². The Morgan fingerprint density at radius 2 is 1.56 bits per heavy atom. The van der Waals surface area contributed by atoms with Gasteiger partial charge in [0.2, 0.25) is 0 Å². The molecule has 0 spiro atoms. The minimum absolute atomic E-state index is 0.0711. The number of benzene rings is 3. The topological polar surface area (TPSA) is 150 Å². The molecule has 0 aromatic heterocycles. The molecule has 0 aliphatic rings. The second-order valence-corrected chi connectivity index (χ2v) is 7.30. The van der Waals surface area contributed by atoms with Crippen molar-refractivity contribution in [1.82, 2.24) is 0 Å². The van der Waals surface area contributed by atoms with Gasteiger partial charge in [-0.2, -0.15) is 0 Å². The summed E-state index contributed by atoms with van der Waals surface area (Å²) in [5.41, 5.74) is 5.53. The van der Waals surface area contributed by atoms with Crippen LogP contribution in [0.5, 0.6) is 23.0 Å². The number of ketones is 1. The number of methoxy groups -OCH3 is 1. The van der Waals surface area contributed by atoms with Gasteiger partial charge >= 0.3 is 5.97 Å². The molecule has 0 aliphatic carbocycles. The summed E-state index contributed by atoms with van der Waals surface area (Å²) in [5.74, 6) is -1.40. The fourth-order valence-electron chi connectivity index (χ4n) is 2.75. The number of ether oxygens (including phenoxy) is 1. The second-order valence-electron chi connectivity index (χ2n) is 7.30. The molecule has 32 heavy (non-hydrogen) atoms. The zero-order valence-electron chi connectivity index (χ0n) is 17.6. The molecular formula is C24H25NO7. The van der Waals surface area contributed by atoms with E-state index in [0.29, 0.717) is 16.9 Å². The fraction of sp³-hybridized carbons (Fsp3) is 0.167. The van der Waals surface area contributed by atoms with E-state index in [1.54, 1.807) is 36.4 Å². The number of aromatic hydroxyl groups is 3. The minimum atomic E-state index is -1.39. The molecule has 0 radical (unpaired) electrons. The third kappa shape index (κ3) is 6.23. The van der Waals surface area contributed by atoms with Crippen molar-refractivity contribution >= 4 is 11.8 Å². The molecule has 3 aromatic rings. The first kappa shape index (κ1) is 24.2. The molecule has 168 valence electrons. The number of nitrogens with two attached hydrogens (primary N) is 1. The molecule has 1 unspecified atom stereocenters. The van der Waals surface area contributed by atoms with Crippen molar-refractivity contribution < 1.29 is 34.8 Å². The van der Waals surface area contributed by atoms with Gasteiger partial charge < -0.3 is 30.9 Å². The van der Waals surface area contributed by atoms with E-state index in [2.05, 4.69) is 0 Å². The van der Waals surface area contributed by atoms with Gasteiger partial charge in [0.05, 0.1) is 12.7 Å². The number of rotatable bonds is 6. The summed E-state index contributed by atoms with van der Waals surface area (Å²) in [7, 11) is 1.51. The lowest BCUT2D eigenvalue weighted by molar-refractivity contribution is -0.142. The standard InChI is InChI=1S/C14H12O3.C10H13NO4/c1-17-11-7-8-12(13(15)9-11)14(16)10-5-3-2-4-6-10;1-10(11,9(14)15)5-6-2-3-7(12)8(13)4-6/h2-9,15H,1H3;2-4,12-13H,5,11H2,1H3,(H,14,15). The van der Waals surface area contributed by atoms with Crippen molar-refractivity contribution in [3.05, 3.63) is 83.4 Å². The van der Waals surface area contributed by atoms with Gasteiger partial charge in [0.1, 0.15) is 17.0 Å². The van der Waals surface area contributed by atoms with Crippen LogP contribution in [-0.4, -0.2) is 44.8 Å². The van der Waals surface area contributed by atoms with E-state index in [0.717, 1.165) is 0 Å². The minimum Gasteiger partial charge on any atom is -0.507 e. The van der Waals surface area contributed by atoms with E-state index in [1.807, 2.05) is 6.07 Å². The number of hydrogen-bond donors (Lipinski definition) is 5. The maximum atomic E-state index is 12.1. The lowest BCUT2D eigenvalue weighted by Crippen LogP contribution is -2.46. The largest absolute Gasteiger partial charge is 0.507 e. The van der Waals surface area contributed by atoms with E-state index in [1.165, 1.54) is 38.3 Å². The molecule has 1 atom stereocenters. The fourth-order valence-corrected chi connectivity index (χ4v) is 2.75. The molecular weight excluding hydrogens is 414 g/mol. The van der Waals surface area contributed by atoms with Gasteiger partial charge in [0, 0.05) is 18.1 Å². The molecule has 8 heteroatoms. The Morgan fingerprint density at radius 1 is 0.906 bits per heavy atom. The summed E-state index contributed by atoms with van der Waals surface area (Å²) in [6.07, 6.45) is 0.0795. The SMILES string of the molecule is CC(N)(Cc1ccc(O)c(O)c1)C(=O)O.COc1ccc(C(=O)c2ccccc2)c(O)c1. The van der Waals surface area contributed by atoms with E-state index < -0.39 is 11.5 Å². The number of carbonyl (C=O) groups is 2. The number of carboxylic acid groups (broad SMARTS) is 1. The molecule has 6 N–H and O–H groups in total. The van der Waals surface area contributed by atoms with Crippen LogP contribution in [0.25, 0.3) is 0 Å². The molecule has 3 rings (SSSR count). The van der Waals surface area contributed by atoms with Crippen LogP contribution in [0.15, 0.2) is 66.7 Å². The summed E-state index contributed by atoms with van der Waals surface area (Å²) < 4.78 is 4.96. The van der Waals surface area contributed by atoms with Gasteiger partial charge in [-0.25, -0.2) is 0 Å². The Hall–Kier alpha value is -4.04. The zero-order valence-corrected chi connectivity index (χ0v) is 17.6. The molecule has 0 amide bonds. The average Bonchev–Trinajstić information content (AvgIpc) is 2.76. The van der Waals surface area contributed by atoms with Crippen LogP contribution in [0.3, 0.4) is 0 Å². The summed E-state index contributed by atoms with van der Waals surface area (Å²) >= 11 is 0. The van der Waals surface area contributed by atoms with Gasteiger partial charge in [-0.3, -0.25) is 9.59 Å². The van der Waals surface area contributed by atoms with E-state index in [9.17, 15) is 19.8 Å². The Kier molecular flexibility index (Phi) is 7.81. The first-order valence-electron chi connectivity index (χ1n) is 9.55. The summed E-state index contributed by atoms with van der Waals surface area (Å²) in [4.78, 5) is 22.8. The van der Waals surface area contributed by atoms with Crippen molar-refractivity contribution in [2.75, 3.05) is 7.11 Å². The van der Waals surface area contributed by atoms with Gasteiger partial charge in [-0.05, 0) is 36.8 Å². The van der Waals surface area contributed by atoms with Crippen LogP contribution < -0.4 is 10.5 Å². The third-order valence-electron chi connectivity index (χ3n) is 4.59. The van der Waals surface area contributed by atoms with Crippen molar-refractivity contribution in [3.8, 4) is 23.0 Å². The first-order chi connectivity index (χ1) is 15.0. The highest BCUT2D eigenvalue weighted by Gasteiger charge is 2.28. The Labute approximate surface area is 185 Å². The highest BCUT2D eigenvalue weighted by molar-refractivity contribution is 6.10. The smallest absolute Gasteiger partial charge is 0.323 e. The number of phenolic OH excluding ortho intramolecular Hbond substituents is 3. The van der Waals surface area contributed by atoms with Crippen LogP contribution >= 0.6 is 0 Å². The number of aliphatic carboxylic acids is 1. The molecule has 0 saturated carbocycles. The maximum absolute atomic E-state index is 12.1. The second kappa shape index (κ2) is 10.3. The summed E-state index contributed by atoms with van der Waals surface area (Å²) in [6.45, 7) is 1.39. The normalized spacial score (nSPS) is 12.1.